The summed E-state index contributed by atoms with van der Waals surface area (Å²) in [4.78, 5) is 0. The molecule has 0 fully saturated rings. The van der Waals surface area contributed by atoms with E-state index in [2.05, 4.69) is 39.0 Å². The molecule has 0 heterocycles. The normalized spacial score (nSPS) is 24.6. The van der Waals surface area contributed by atoms with Crippen molar-refractivity contribution in [2.75, 3.05) is 0 Å². The van der Waals surface area contributed by atoms with Crippen LogP contribution < -0.4 is 10.5 Å². The van der Waals surface area contributed by atoms with E-state index in [0.717, 1.165) is 12.2 Å². The second-order valence-electron chi connectivity index (χ2n) is 6.25. The van der Waals surface area contributed by atoms with E-state index in [0.29, 0.717) is 0 Å². The lowest BCUT2D eigenvalue weighted by atomic mass is 9.75. The topological polar surface area (TPSA) is 35.2 Å². The van der Waals surface area contributed by atoms with Crippen LogP contribution in [-0.4, -0.2) is 6.10 Å². The van der Waals surface area contributed by atoms with Crippen LogP contribution in [0.25, 0.3) is 0 Å². The van der Waals surface area contributed by atoms with E-state index < -0.39 is 0 Å². The lowest BCUT2D eigenvalue weighted by molar-refractivity contribution is 0.210. The first-order valence-corrected chi connectivity index (χ1v) is 6.33. The third kappa shape index (κ3) is 2.36. The predicted octanol–water partition coefficient (Wildman–Crippen LogP) is 3.65. The van der Waals surface area contributed by atoms with Crippen LogP contribution in [0.5, 0.6) is 5.75 Å². The quantitative estimate of drug-likeness (QED) is 0.889. The minimum Gasteiger partial charge on any atom is -0.491 e. The van der Waals surface area contributed by atoms with Crippen LogP contribution in [-0.2, 0) is 12.0 Å². The van der Waals surface area contributed by atoms with Gasteiger partial charge in [0.1, 0.15) is 5.75 Å². The standard InChI is InChI=1S/C15H23NO.ClH/c1-10(2)17-12-7-6-11-9-14(3,4)15(5,16)13(11)8-12;/h6-8,10H,9,16H2,1-5H3;1H. The summed E-state index contributed by atoms with van der Waals surface area (Å²) in [7, 11) is 0. The second-order valence-corrected chi connectivity index (χ2v) is 6.25. The Balaban J connectivity index is 0.00000162. The summed E-state index contributed by atoms with van der Waals surface area (Å²) in [5.74, 6) is 0.924. The minimum absolute atomic E-state index is 0. The summed E-state index contributed by atoms with van der Waals surface area (Å²) in [6, 6.07) is 6.33. The number of benzene rings is 1. The van der Waals surface area contributed by atoms with Gasteiger partial charge in [0, 0.05) is 5.54 Å². The summed E-state index contributed by atoms with van der Waals surface area (Å²) in [6.07, 6.45) is 1.24. The van der Waals surface area contributed by atoms with Gasteiger partial charge in [-0.2, -0.15) is 0 Å². The molecule has 1 unspecified atom stereocenters. The first-order chi connectivity index (χ1) is 7.74. The Labute approximate surface area is 116 Å². The van der Waals surface area contributed by atoms with Crippen LogP contribution >= 0.6 is 12.4 Å². The zero-order valence-corrected chi connectivity index (χ0v) is 12.7. The highest BCUT2D eigenvalue weighted by molar-refractivity contribution is 5.85. The summed E-state index contributed by atoms with van der Waals surface area (Å²) in [6.45, 7) is 10.7. The number of hydrogen-bond donors (Lipinski definition) is 1. The maximum absolute atomic E-state index is 6.51. The molecule has 2 N–H and O–H groups in total. The number of fused-ring (bicyclic) bond motifs is 1. The molecule has 1 aromatic carbocycles. The molecule has 1 aliphatic rings. The molecule has 18 heavy (non-hydrogen) atoms. The highest BCUT2D eigenvalue weighted by Gasteiger charge is 2.46. The van der Waals surface area contributed by atoms with Gasteiger partial charge < -0.3 is 10.5 Å². The van der Waals surface area contributed by atoms with Crippen LogP contribution in [0.15, 0.2) is 18.2 Å². The summed E-state index contributed by atoms with van der Waals surface area (Å²) < 4.78 is 5.75. The van der Waals surface area contributed by atoms with Crippen molar-refractivity contribution in [1.82, 2.24) is 0 Å². The first kappa shape index (κ1) is 15.3. The molecule has 2 rings (SSSR count). The van der Waals surface area contributed by atoms with Gasteiger partial charge >= 0.3 is 0 Å². The van der Waals surface area contributed by atoms with E-state index >= 15 is 0 Å². The Hall–Kier alpha value is -0.730. The number of ether oxygens (including phenoxy) is 1. The maximum Gasteiger partial charge on any atom is 0.120 e. The van der Waals surface area contributed by atoms with Gasteiger partial charge in [-0.05, 0) is 55.9 Å². The highest BCUT2D eigenvalue weighted by Crippen LogP contribution is 2.48. The lowest BCUT2D eigenvalue weighted by Crippen LogP contribution is -2.43. The van der Waals surface area contributed by atoms with Gasteiger partial charge in [-0.3, -0.25) is 0 Å². The molecule has 1 aromatic rings. The van der Waals surface area contributed by atoms with Gasteiger partial charge in [-0.1, -0.05) is 19.9 Å². The zero-order valence-electron chi connectivity index (χ0n) is 11.9. The van der Waals surface area contributed by atoms with Crippen molar-refractivity contribution in [3.8, 4) is 5.75 Å². The average Bonchev–Trinajstić information content (AvgIpc) is 2.34. The average molecular weight is 270 g/mol. The fraction of sp³-hybridized carbons (Fsp3) is 0.600. The fourth-order valence-corrected chi connectivity index (χ4v) is 2.56. The molecule has 1 atom stereocenters. The summed E-state index contributed by atoms with van der Waals surface area (Å²) in [5, 5.41) is 0. The molecule has 0 spiro atoms. The van der Waals surface area contributed by atoms with E-state index in [9.17, 15) is 0 Å². The van der Waals surface area contributed by atoms with E-state index in [1.54, 1.807) is 0 Å². The SMILES string of the molecule is CC(C)Oc1ccc2c(c1)C(C)(N)C(C)(C)C2.Cl. The van der Waals surface area contributed by atoms with Crippen molar-refractivity contribution >= 4 is 12.4 Å². The van der Waals surface area contributed by atoms with Gasteiger partial charge in [0.25, 0.3) is 0 Å². The lowest BCUT2D eigenvalue weighted by Gasteiger charge is -2.35. The van der Waals surface area contributed by atoms with Crippen molar-refractivity contribution in [2.45, 2.75) is 52.7 Å². The molecule has 2 nitrogen and oxygen atoms in total. The second kappa shape index (κ2) is 4.75. The Morgan fingerprint density at radius 3 is 2.39 bits per heavy atom. The predicted molar refractivity (Wildman–Crippen MR) is 78.5 cm³/mol. The molecule has 0 aromatic heterocycles. The van der Waals surface area contributed by atoms with E-state index in [4.69, 9.17) is 10.5 Å². The molecule has 3 heteroatoms. The molecule has 0 radical (unpaired) electrons. The smallest absolute Gasteiger partial charge is 0.120 e. The Morgan fingerprint density at radius 1 is 1.22 bits per heavy atom. The van der Waals surface area contributed by atoms with Gasteiger partial charge in [0.15, 0.2) is 0 Å². The van der Waals surface area contributed by atoms with Crippen LogP contribution in [0.2, 0.25) is 0 Å². The molecular weight excluding hydrogens is 246 g/mol. The van der Waals surface area contributed by atoms with E-state index in [-0.39, 0.29) is 29.5 Å². The largest absolute Gasteiger partial charge is 0.491 e. The third-order valence-corrected chi connectivity index (χ3v) is 4.05. The molecule has 0 saturated carbocycles. The fourth-order valence-electron chi connectivity index (χ4n) is 2.56. The van der Waals surface area contributed by atoms with Crippen LogP contribution in [0.4, 0.5) is 0 Å². The minimum atomic E-state index is -0.279. The Bertz CT molecular complexity index is 438. The van der Waals surface area contributed by atoms with Gasteiger partial charge in [0.2, 0.25) is 0 Å². The molecule has 0 bridgehead atoms. The molecule has 102 valence electrons. The van der Waals surface area contributed by atoms with Gasteiger partial charge in [-0.25, -0.2) is 0 Å². The molecule has 0 saturated heterocycles. The van der Waals surface area contributed by atoms with Crippen molar-refractivity contribution in [2.24, 2.45) is 11.1 Å². The number of halogens is 1. The van der Waals surface area contributed by atoms with Crippen molar-refractivity contribution < 1.29 is 4.74 Å². The number of hydrogen-bond acceptors (Lipinski definition) is 2. The van der Waals surface area contributed by atoms with Crippen LogP contribution in [0.3, 0.4) is 0 Å². The third-order valence-electron chi connectivity index (χ3n) is 4.05. The summed E-state index contributed by atoms with van der Waals surface area (Å²) >= 11 is 0. The molecule has 0 amide bonds. The Kier molecular flexibility index (Phi) is 4.04. The monoisotopic (exact) mass is 269 g/mol. The zero-order chi connectivity index (χ0) is 12.8. The first-order valence-electron chi connectivity index (χ1n) is 6.33. The molecular formula is C15H24ClNO. The highest BCUT2D eigenvalue weighted by atomic mass is 35.5. The van der Waals surface area contributed by atoms with Crippen molar-refractivity contribution in [1.29, 1.82) is 0 Å². The van der Waals surface area contributed by atoms with Gasteiger partial charge in [0.05, 0.1) is 6.10 Å². The van der Waals surface area contributed by atoms with Crippen LogP contribution in [0, 0.1) is 5.41 Å². The van der Waals surface area contributed by atoms with Crippen LogP contribution in [0.1, 0.15) is 45.7 Å². The van der Waals surface area contributed by atoms with Crippen molar-refractivity contribution in [3.63, 3.8) is 0 Å². The molecule has 0 aliphatic heterocycles. The van der Waals surface area contributed by atoms with Gasteiger partial charge in [-0.15, -0.1) is 12.4 Å². The van der Waals surface area contributed by atoms with E-state index in [1.165, 1.54) is 11.1 Å². The maximum atomic E-state index is 6.51. The molecule has 1 aliphatic carbocycles. The van der Waals surface area contributed by atoms with Crippen molar-refractivity contribution in [3.05, 3.63) is 29.3 Å². The Morgan fingerprint density at radius 2 is 1.83 bits per heavy atom. The number of nitrogens with two attached hydrogens (primary N) is 1. The summed E-state index contributed by atoms with van der Waals surface area (Å²) in [5.41, 5.74) is 8.93. The number of rotatable bonds is 2. The van der Waals surface area contributed by atoms with E-state index in [1.807, 2.05) is 13.8 Å².